The summed E-state index contributed by atoms with van der Waals surface area (Å²) in [6, 6.07) is 4.15. The Balaban J connectivity index is 2.49. The minimum absolute atomic E-state index is 0.0217. The number of rotatable bonds is 4. The molecule has 14 heavy (non-hydrogen) atoms. The van der Waals surface area contributed by atoms with Crippen LogP contribution in [0.1, 0.15) is 24.8 Å². The summed E-state index contributed by atoms with van der Waals surface area (Å²) in [4.78, 5) is 12.5. The van der Waals surface area contributed by atoms with Gasteiger partial charge < -0.3 is 5.32 Å². The van der Waals surface area contributed by atoms with Crippen LogP contribution in [-0.4, -0.2) is 19.0 Å². The molecule has 2 atom stereocenters. The van der Waals surface area contributed by atoms with Crippen molar-refractivity contribution >= 4 is 17.2 Å². The third-order valence-electron chi connectivity index (χ3n) is 2.11. The molecular formula is C10H16N2OS. The van der Waals surface area contributed by atoms with Gasteiger partial charge in [0.1, 0.15) is 0 Å². The third kappa shape index (κ3) is 2.82. The second-order valence-electron chi connectivity index (χ2n) is 3.24. The molecule has 0 fully saturated rings. The van der Waals surface area contributed by atoms with Crippen LogP contribution < -0.4 is 10.6 Å². The lowest BCUT2D eigenvalue weighted by Crippen LogP contribution is -2.41. The lowest BCUT2D eigenvalue weighted by molar-refractivity contribution is -0.122. The Kier molecular flexibility index (Phi) is 4.10. The maximum absolute atomic E-state index is 11.2. The SMILES string of the molecule is CNC(=O)C(C)N[C@@H](C)c1cccs1. The lowest BCUT2D eigenvalue weighted by atomic mass is 10.2. The van der Waals surface area contributed by atoms with Gasteiger partial charge in [0.05, 0.1) is 6.04 Å². The Morgan fingerprint density at radius 3 is 2.71 bits per heavy atom. The average molecular weight is 212 g/mol. The number of carbonyl (C=O) groups is 1. The van der Waals surface area contributed by atoms with Crippen molar-refractivity contribution in [3.8, 4) is 0 Å². The summed E-state index contributed by atoms with van der Waals surface area (Å²) in [5, 5.41) is 7.89. The fourth-order valence-corrected chi connectivity index (χ4v) is 2.03. The van der Waals surface area contributed by atoms with Crippen LogP contribution in [0.2, 0.25) is 0 Å². The molecule has 1 amide bonds. The van der Waals surface area contributed by atoms with Gasteiger partial charge >= 0.3 is 0 Å². The van der Waals surface area contributed by atoms with Crippen molar-refractivity contribution in [2.24, 2.45) is 0 Å². The number of hydrogen-bond donors (Lipinski definition) is 2. The smallest absolute Gasteiger partial charge is 0.236 e. The molecule has 1 aromatic heterocycles. The number of thiophene rings is 1. The minimum atomic E-state index is -0.155. The number of likely N-dealkylation sites (N-methyl/N-ethyl adjacent to an activating group) is 1. The molecule has 0 saturated carbocycles. The highest BCUT2D eigenvalue weighted by Gasteiger charge is 2.14. The topological polar surface area (TPSA) is 41.1 Å². The maximum atomic E-state index is 11.2. The quantitative estimate of drug-likeness (QED) is 0.794. The van der Waals surface area contributed by atoms with E-state index in [0.717, 1.165) is 0 Å². The zero-order chi connectivity index (χ0) is 10.6. The summed E-state index contributed by atoms with van der Waals surface area (Å²) in [7, 11) is 1.65. The van der Waals surface area contributed by atoms with E-state index in [2.05, 4.69) is 23.6 Å². The molecule has 0 aliphatic rings. The predicted octanol–water partition coefficient (Wildman–Crippen LogP) is 1.53. The second-order valence-corrected chi connectivity index (χ2v) is 4.22. The second kappa shape index (κ2) is 5.12. The first-order valence-corrected chi connectivity index (χ1v) is 5.54. The molecule has 4 heteroatoms. The highest BCUT2D eigenvalue weighted by Crippen LogP contribution is 2.18. The van der Waals surface area contributed by atoms with Crippen LogP contribution in [0.15, 0.2) is 17.5 Å². The van der Waals surface area contributed by atoms with Crippen LogP contribution in [0.3, 0.4) is 0 Å². The zero-order valence-corrected chi connectivity index (χ0v) is 9.52. The van der Waals surface area contributed by atoms with Crippen molar-refractivity contribution in [1.29, 1.82) is 0 Å². The molecule has 1 heterocycles. The largest absolute Gasteiger partial charge is 0.358 e. The molecular weight excluding hydrogens is 196 g/mol. The molecule has 1 rings (SSSR count). The summed E-state index contributed by atoms with van der Waals surface area (Å²) < 4.78 is 0. The number of carbonyl (C=O) groups excluding carboxylic acids is 1. The average Bonchev–Trinajstić information content (AvgIpc) is 2.69. The first-order chi connectivity index (χ1) is 6.65. The van der Waals surface area contributed by atoms with Gasteiger partial charge in [0.25, 0.3) is 0 Å². The van der Waals surface area contributed by atoms with Gasteiger partial charge in [-0.05, 0) is 25.3 Å². The molecule has 0 spiro atoms. The first-order valence-electron chi connectivity index (χ1n) is 4.66. The Morgan fingerprint density at radius 1 is 1.50 bits per heavy atom. The van der Waals surface area contributed by atoms with Crippen molar-refractivity contribution < 1.29 is 4.79 Å². The first kappa shape index (κ1) is 11.2. The van der Waals surface area contributed by atoms with E-state index in [1.807, 2.05) is 18.4 Å². The summed E-state index contributed by atoms with van der Waals surface area (Å²) in [6.07, 6.45) is 0. The van der Waals surface area contributed by atoms with Gasteiger partial charge in [-0.1, -0.05) is 6.07 Å². The van der Waals surface area contributed by atoms with Crippen molar-refractivity contribution in [3.63, 3.8) is 0 Å². The summed E-state index contributed by atoms with van der Waals surface area (Å²) in [5.74, 6) is 0.0217. The van der Waals surface area contributed by atoms with Gasteiger partial charge in [-0.25, -0.2) is 0 Å². The van der Waals surface area contributed by atoms with E-state index in [4.69, 9.17) is 0 Å². The maximum Gasteiger partial charge on any atom is 0.236 e. The molecule has 1 aromatic rings. The van der Waals surface area contributed by atoms with E-state index >= 15 is 0 Å². The molecule has 0 radical (unpaired) electrons. The van der Waals surface area contributed by atoms with E-state index < -0.39 is 0 Å². The highest BCUT2D eigenvalue weighted by molar-refractivity contribution is 7.10. The van der Waals surface area contributed by atoms with Gasteiger partial charge in [0, 0.05) is 18.0 Å². The summed E-state index contributed by atoms with van der Waals surface area (Å²) in [5.41, 5.74) is 0. The number of nitrogens with one attached hydrogen (secondary N) is 2. The Labute approximate surface area is 88.5 Å². The van der Waals surface area contributed by atoms with Crippen LogP contribution in [0.4, 0.5) is 0 Å². The molecule has 0 aliphatic carbocycles. The normalized spacial score (nSPS) is 14.8. The third-order valence-corrected chi connectivity index (χ3v) is 3.16. The Hall–Kier alpha value is -0.870. The van der Waals surface area contributed by atoms with Gasteiger partial charge in [-0.2, -0.15) is 0 Å². The zero-order valence-electron chi connectivity index (χ0n) is 8.70. The van der Waals surface area contributed by atoms with Crippen molar-refractivity contribution in [1.82, 2.24) is 10.6 Å². The highest BCUT2D eigenvalue weighted by atomic mass is 32.1. The van der Waals surface area contributed by atoms with Crippen molar-refractivity contribution in [2.75, 3.05) is 7.05 Å². The minimum Gasteiger partial charge on any atom is -0.358 e. The summed E-state index contributed by atoms with van der Waals surface area (Å²) in [6.45, 7) is 3.92. The molecule has 0 aromatic carbocycles. The number of hydrogen-bond acceptors (Lipinski definition) is 3. The van der Waals surface area contributed by atoms with E-state index in [9.17, 15) is 4.79 Å². The lowest BCUT2D eigenvalue weighted by Gasteiger charge is -2.17. The fraction of sp³-hybridized carbons (Fsp3) is 0.500. The van der Waals surface area contributed by atoms with E-state index in [1.165, 1.54) is 4.88 Å². The molecule has 0 saturated heterocycles. The predicted molar refractivity (Wildman–Crippen MR) is 59.4 cm³/mol. The van der Waals surface area contributed by atoms with Gasteiger partial charge in [0.15, 0.2) is 0 Å². The molecule has 2 N–H and O–H groups in total. The van der Waals surface area contributed by atoms with Crippen LogP contribution in [0.5, 0.6) is 0 Å². The van der Waals surface area contributed by atoms with Gasteiger partial charge in [-0.3, -0.25) is 10.1 Å². The number of amides is 1. The molecule has 1 unspecified atom stereocenters. The van der Waals surface area contributed by atoms with Gasteiger partial charge in [-0.15, -0.1) is 11.3 Å². The van der Waals surface area contributed by atoms with Crippen LogP contribution in [-0.2, 0) is 4.79 Å². The monoisotopic (exact) mass is 212 g/mol. The van der Waals surface area contributed by atoms with E-state index in [1.54, 1.807) is 18.4 Å². The van der Waals surface area contributed by atoms with E-state index in [-0.39, 0.29) is 18.0 Å². The standard InChI is InChI=1S/C10H16N2OS/c1-7(9-5-4-6-14-9)12-8(2)10(13)11-3/h4-8,12H,1-3H3,(H,11,13)/t7-,8?/m0/s1. The Morgan fingerprint density at radius 2 is 2.21 bits per heavy atom. The van der Waals surface area contributed by atoms with Crippen LogP contribution in [0, 0.1) is 0 Å². The fourth-order valence-electron chi connectivity index (χ4n) is 1.29. The molecule has 0 bridgehead atoms. The van der Waals surface area contributed by atoms with Crippen LogP contribution in [0.25, 0.3) is 0 Å². The molecule has 3 nitrogen and oxygen atoms in total. The molecule has 0 aliphatic heterocycles. The van der Waals surface area contributed by atoms with Crippen LogP contribution >= 0.6 is 11.3 Å². The van der Waals surface area contributed by atoms with Crippen molar-refractivity contribution in [2.45, 2.75) is 25.9 Å². The van der Waals surface area contributed by atoms with E-state index in [0.29, 0.717) is 0 Å². The van der Waals surface area contributed by atoms with Gasteiger partial charge in [0.2, 0.25) is 5.91 Å². The summed E-state index contributed by atoms with van der Waals surface area (Å²) >= 11 is 1.70. The Bertz CT molecular complexity index is 284. The molecule has 78 valence electrons. The van der Waals surface area contributed by atoms with Crippen molar-refractivity contribution in [3.05, 3.63) is 22.4 Å².